The number of nitrogens with one attached hydrogen (secondary N) is 1. The van der Waals surface area contributed by atoms with Crippen molar-refractivity contribution in [2.75, 3.05) is 6.61 Å². The molecule has 0 saturated carbocycles. The number of esters is 1. The van der Waals surface area contributed by atoms with Crippen molar-refractivity contribution in [1.29, 1.82) is 5.26 Å². The van der Waals surface area contributed by atoms with Crippen LogP contribution in [0.2, 0.25) is 10.0 Å². The SMILES string of the molecule is CC(C)(C)C[C@@H]1N[C@@H](C(=O)OCCC(N)=O)[C@H](c2cccc(Cl)c2)[C@@]1(C#N)c1ccc(Cl)cc1. The number of nitrogens with two attached hydrogens (primary N) is 1. The number of carbonyl (C=O) groups excluding carboxylic acids is 2. The zero-order valence-electron chi connectivity index (χ0n) is 19.5. The Kier molecular flexibility index (Phi) is 7.92. The van der Waals surface area contributed by atoms with E-state index in [2.05, 4.69) is 32.2 Å². The number of primary amides is 1. The van der Waals surface area contributed by atoms with Gasteiger partial charge in [-0.05, 0) is 47.2 Å². The molecule has 0 aliphatic carbocycles. The molecule has 2 aromatic rings. The lowest BCUT2D eigenvalue weighted by Crippen LogP contribution is -2.44. The van der Waals surface area contributed by atoms with Crippen molar-refractivity contribution in [3.8, 4) is 6.07 Å². The number of ether oxygens (including phenoxy) is 1. The Balaban J connectivity index is 2.18. The Morgan fingerprint density at radius 1 is 1.15 bits per heavy atom. The van der Waals surface area contributed by atoms with E-state index in [1.54, 1.807) is 30.3 Å². The fraction of sp³-hybridized carbons (Fsp3) is 0.423. The van der Waals surface area contributed by atoms with Gasteiger partial charge in [0.15, 0.2) is 0 Å². The van der Waals surface area contributed by atoms with Gasteiger partial charge in [0.25, 0.3) is 0 Å². The molecular weight excluding hydrogens is 473 g/mol. The third-order valence-corrected chi connectivity index (χ3v) is 6.62. The van der Waals surface area contributed by atoms with Crippen LogP contribution < -0.4 is 11.1 Å². The van der Waals surface area contributed by atoms with Crippen LogP contribution in [0.4, 0.5) is 0 Å². The quantitative estimate of drug-likeness (QED) is 0.533. The van der Waals surface area contributed by atoms with Gasteiger partial charge in [-0.1, -0.05) is 68.2 Å². The maximum atomic E-state index is 13.3. The second-order valence-electron chi connectivity index (χ2n) is 9.87. The van der Waals surface area contributed by atoms with Gasteiger partial charge in [0.05, 0.1) is 12.5 Å². The fourth-order valence-electron chi connectivity index (χ4n) is 4.78. The third kappa shape index (κ3) is 5.55. The second kappa shape index (κ2) is 10.4. The molecular formula is C26H29Cl2N3O3. The molecule has 4 atom stereocenters. The van der Waals surface area contributed by atoms with Crippen molar-refractivity contribution in [3.05, 3.63) is 69.7 Å². The largest absolute Gasteiger partial charge is 0.464 e. The van der Waals surface area contributed by atoms with E-state index in [1.807, 2.05) is 18.2 Å². The van der Waals surface area contributed by atoms with Gasteiger partial charge in [-0.15, -0.1) is 0 Å². The summed E-state index contributed by atoms with van der Waals surface area (Å²) in [7, 11) is 0. The average molecular weight is 502 g/mol. The number of halogens is 2. The van der Waals surface area contributed by atoms with E-state index in [4.69, 9.17) is 33.7 Å². The molecule has 3 N–H and O–H groups in total. The highest BCUT2D eigenvalue weighted by Crippen LogP contribution is 2.51. The number of rotatable bonds is 7. The molecule has 1 saturated heterocycles. The van der Waals surface area contributed by atoms with E-state index in [0.717, 1.165) is 11.1 Å². The van der Waals surface area contributed by atoms with E-state index in [-0.39, 0.29) is 24.5 Å². The lowest BCUT2D eigenvalue weighted by Gasteiger charge is -2.37. The first-order chi connectivity index (χ1) is 16.0. The number of benzene rings is 2. The van der Waals surface area contributed by atoms with Gasteiger partial charge in [-0.25, -0.2) is 0 Å². The van der Waals surface area contributed by atoms with Gasteiger partial charge in [0, 0.05) is 22.0 Å². The van der Waals surface area contributed by atoms with Crippen LogP contribution in [0.15, 0.2) is 48.5 Å². The molecule has 1 fully saturated rings. The number of nitriles is 1. The van der Waals surface area contributed by atoms with Crippen LogP contribution in [0.25, 0.3) is 0 Å². The van der Waals surface area contributed by atoms with Crippen LogP contribution in [-0.4, -0.2) is 30.6 Å². The highest BCUT2D eigenvalue weighted by molar-refractivity contribution is 6.30. The number of carbonyl (C=O) groups is 2. The average Bonchev–Trinajstić information content (AvgIpc) is 3.07. The van der Waals surface area contributed by atoms with Gasteiger partial charge in [0.2, 0.25) is 5.91 Å². The van der Waals surface area contributed by atoms with Crippen LogP contribution in [-0.2, 0) is 19.7 Å². The lowest BCUT2D eigenvalue weighted by molar-refractivity contribution is -0.146. The molecule has 8 heteroatoms. The summed E-state index contributed by atoms with van der Waals surface area (Å²) >= 11 is 12.5. The first kappa shape index (κ1) is 26.0. The van der Waals surface area contributed by atoms with Gasteiger partial charge >= 0.3 is 5.97 Å². The van der Waals surface area contributed by atoms with Gasteiger partial charge in [0.1, 0.15) is 18.1 Å². The summed E-state index contributed by atoms with van der Waals surface area (Å²) in [6, 6.07) is 15.7. The summed E-state index contributed by atoms with van der Waals surface area (Å²) in [4.78, 5) is 24.4. The van der Waals surface area contributed by atoms with E-state index in [0.29, 0.717) is 16.5 Å². The summed E-state index contributed by atoms with van der Waals surface area (Å²) in [6.07, 6.45) is 0.539. The summed E-state index contributed by atoms with van der Waals surface area (Å²) in [5, 5.41) is 15.3. The van der Waals surface area contributed by atoms with Crippen molar-refractivity contribution >= 4 is 35.1 Å². The first-order valence-electron chi connectivity index (χ1n) is 11.1. The molecule has 0 unspecified atom stereocenters. The summed E-state index contributed by atoms with van der Waals surface area (Å²) in [5.74, 6) is -1.71. The van der Waals surface area contributed by atoms with Gasteiger partial charge < -0.3 is 10.5 Å². The van der Waals surface area contributed by atoms with Crippen molar-refractivity contribution in [2.24, 2.45) is 11.1 Å². The molecule has 3 rings (SSSR count). The van der Waals surface area contributed by atoms with E-state index < -0.39 is 29.3 Å². The van der Waals surface area contributed by atoms with Crippen molar-refractivity contribution in [2.45, 2.75) is 57.0 Å². The first-order valence-corrected chi connectivity index (χ1v) is 11.9. The Morgan fingerprint density at radius 2 is 1.82 bits per heavy atom. The minimum absolute atomic E-state index is 0.0771. The maximum Gasteiger partial charge on any atom is 0.323 e. The molecule has 1 amide bonds. The van der Waals surface area contributed by atoms with E-state index in [1.165, 1.54) is 0 Å². The molecule has 0 radical (unpaired) electrons. The zero-order chi connectivity index (χ0) is 25.1. The Labute approximate surface area is 210 Å². The number of hydrogen-bond donors (Lipinski definition) is 2. The normalized spacial score (nSPS) is 24.4. The third-order valence-electron chi connectivity index (χ3n) is 6.13. The second-order valence-corrected chi connectivity index (χ2v) is 10.7. The minimum Gasteiger partial charge on any atom is -0.464 e. The Morgan fingerprint density at radius 3 is 2.38 bits per heavy atom. The molecule has 6 nitrogen and oxygen atoms in total. The van der Waals surface area contributed by atoms with Gasteiger partial charge in [-0.2, -0.15) is 5.26 Å². The van der Waals surface area contributed by atoms with Crippen LogP contribution in [0.5, 0.6) is 0 Å². The smallest absolute Gasteiger partial charge is 0.323 e. The standard InChI is InChI=1S/C26H29Cl2N3O3/c1-25(2,3)14-20-26(15-29,17-7-9-18(27)10-8-17)22(16-5-4-6-19(28)13-16)23(31-20)24(33)34-12-11-21(30)32/h4-10,13,20,22-23,31H,11-12,14H2,1-3H3,(H2,30,32)/t20-,22-,23+,26-/m0/s1. The van der Waals surface area contributed by atoms with E-state index in [9.17, 15) is 14.9 Å². The number of amides is 1. The topological polar surface area (TPSA) is 105 Å². The molecule has 1 aliphatic rings. The van der Waals surface area contributed by atoms with Crippen LogP contribution >= 0.6 is 23.2 Å². The van der Waals surface area contributed by atoms with Crippen LogP contribution in [0, 0.1) is 16.7 Å². The minimum atomic E-state index is -1.12. The molecule has 180 valence electrons. The highest BCUT2D eigenvalue weighted by Gasteiger charge is 2.60. The van der Waals surface area contributed by atoms with Crippen molar-refractivity contribution in [1.82, 2.24) is 5.32 Å². The van der Waals surface area contributed by atoms with Crippen molar-refractivity contribution in [3.63, 3.8) is 0 Å². The molecule has 0 spiro atoms. The monoisotopic (exact) mass is 501 g/mol. The molecule has 2 aromatic carbocycles. The zero-order valence-corrected chi connectivity index (χ0v) is 21.0. The van der Waals surface area contributed by atoms with Gasteiger partial charge in [-0.3, -0.25) is 14.9 Å². The molecule has 34 heavy (non-hydrogen) atoms. The molecule has 1 heterocycles. The summed E-state index contributed by atoms with van der Waals surface area (Å²) < 4.78 is 5.42. The van der Waals surface area contributed by atoms with Crippen LogP contribution in [0.1, 0.15) is 50.7 Å². The highest BCUT2D eigenvalue weighted by atomic mass is 35.5. The predicted octanol–water partition coefficient (Wildman–Crippen LogP) is 4.73. The summed E-state index contributed by atoms with van der Waals surface area (Å²) in [6.45, 7) is 6.14. The molecule has 1 aliphatic heterocycles. The Hall–Kier alpha value is -2.59. The molecule has 0 aromatic heterocycles. The van der Waals surface area contributed by atoms with Crippen molar-refractivity contribution < 1.29 is 14.3 Å². The summed E-state index contributed by atoms with van der Waals surface area (Å²) in [5.41, 5.74) is 5.43. The lowest BCUT2D eigenvalue weighted by atomic mass is 9.63. The fourth-order valence-corrected chi connectivity index (χ4v) is 5.10. The predicted molar refractivity (Wildman–Crippen MR) is 132 cm³/mol. The number of nitrogens with zero attached hydrogens (tertiary/aromatic N) is 1. The number of hydrogen-bond acceptors (Lipinski definition) is 5. The van der Waals surface area contributed by atoms with E-state index >= 15 is 0 Å². The maximum absolute atomic E-state index is 13.3. The van der Waals surface area contributed by atoms with Crippen LogP contribution in [0.3, 0.4) is 0 Å². The molecule has 0 bridgehead atoms. The Bertz CT molecular complexity index is 1090.